The third kappa shape index (κ3) is 2.92. The van der Waals surface area contributed by atoms with E-state index in [1.807, 2.05) is 30.9 Å². The largest absolute Gasteiger partial charge is 0.307 e. The smallest absolute Gasteiger partial charge is 0.132 e. The van der Waals surface area contributed by atoms with Gasteiger partial charge < -0.3 is 5.32 Å². The van der Waals surface area contributed by atoms with E-state index in [1.165, 1.54) is 6.07 Å². The van der Waals surface area contributed by atoms with E-state index in [1.54, 1.807) is 18.2 Å². The van der Waals surface area contributed by atoms with Gasteiger partial charge in [-0.05, 0) is 25.1 Å². The lowest BCUT2D eigenvalue weighted by molar-refractivity contribution is 0.630. The number of nitrogens with one attached hydrogen (secondary N) is 2. The summed E-state index contributed by atoms with van der Waals surface area (Å²) in [4.78, 5) is 0. The van der Waals surface area contributed by atoms with Crippen molar-refractivity contribution in [2.75, 3.05) is 0 Å². The predicted octanol–water partition coefficient (Wildman–Crippen LogP) is 2.55. The van der Waals surface area contributed by atoms with Crippen LogP contribution in [0, 0.1) is 12.7 Å². The fourth-order valence-electron chi connectivity index (χ4n) is 2.31. The van der Waals surface area contributed by atoms with Crippen molar-refractivity contribution in [3.8, 4) is 11.3 Å². The number of H-pyrrole nitrogens is 1. The maximum atomic E-state index is 13.7. The molecule has 0 amide bonds. The molecule has 0 bridgehead atoms. The average Bonchev–Trinajstić information content (AvgIpc) is 3.10. The van der Waals surface area contributed by atoms with Crippen LogP contribution in [0.1, 0.15) is 17.0 Å². The number of hydrogen-bond acceptors (Lipinski definition) is 3. The number of hydrogen-bond donors (Lipinski definition) is 2. The standard InChI is InChI=1S/C16H18FN5/c1-11-12(9-19-22(11)2)8-18-10-13-7-16(21-20-13)14-5-3-4-6-15(14)17/h3-7,9,18H,8,10H2,1-2H3,(H,20,21). The lowest BCUT2D eigenvalue weighted by atomic mass is 10.1. The van der Waals surface area contributed by atoms with E-state index in [9.17, 15) is 4.39 Å². The minimum absolute atomic E-state index is 0.264. The van der Waals surface area contributed by atoms with Gasteiger partial charge in [0, 0.05) is 42.7 Å². The highest BCUT2D eigenvalue weighted by Crippen LogP contribution is 2.20. The zero-order valence-electron chi connectivity index (χ0n) is 12.6. The van der Waals surface area contributed by atoms with Crippen molar-refractivity contribution in [1.29, 1.82) is 0 Å². The number of aryl methyl sites for hydroxylation is 1. The molecule has 2 heterocycles. The van der Waals surface area contributed by atoms with Gasteiger partial charge in [0.2, 0.25) is 0 Å². The highest BCUT2D eigenvalue weighted by atomic mass is 19.1. The highest BCUT2D eigenvalue weighted by molar-refractivity contribution is 5.59. The minimum atomic E-state index is -0.264. The summed E-state index contributed by atoms with van der Waals surface area (Å²) in [6, 6.07) is 8.50. The Morgan fingerprint density at radius 3 is 2.82 bits per heavy atom. The monoisotopic (exact) mass is 299 g/mol. The Bertz CT molecular complexity index is 774. The van der Waals surface area contributed by atoms with Crippen molar-refractivity contribution in [2.45, 2.75) is 20.0 Å². The van der Waals surface area contributed by atoms with Crippen molar-refractivity contribution in [3.05, 3.63) is 59.3 Å². The lowest BCUT2D eigenvalue weighted by Crippen LogP contribution is -2.13. The SMILES string of the molecule is Cc1c(CNCc2cc(-c3ccccc3F)n[nH]2)cnn1C. The Balaban J connectivity index is 1.63. The zero-order chi connectivity index (χ0) is 15.5. The predicted molar refractivity (Wildman–Crippen MR) is 82.5 cm³/mol. The number of aromatic amines is 1. The maximum absolute atomic E-state index is 13.7. The molecule has 3 rings (SSSR count). The van der Waals surface area contributed by atoms with E-state index in [0.29, 0.717) is 17.8 Å². The number of nitrogens with zero attached hydrogens (tertiary/aromatic N) is 3. The molecule has 22 heavy (non-hydrogen) atoms. The lowest BCUT2D eigenvalue weighted by Gasteiger charge is -2.02. The van der Waals surface area contributed by atoms with Crippen molar-refractivity contribution in [3.63, 3.8) is 0 Å². The van der Waals surface area contributed by atoms with Crippen molar-refractivity contribution in [1.82, 2.24) is 25.3 Å². The quantitative estimate of drug-likeness (QED) is 0.761. The molecule has 6 heteroatoms. The van der Waals surface area contributed by atoms with Gasteiger partial charge in [-0.1, -0.05) is 12.1 Å². The molecule has 0 spiro atoms. The molecule has 0 aliphatic carbocycles. The number of halogens is 1. The molecule has 2 N–H and O–H groups in total. The third-order valence-electron chi connectivity index (χ3n) is 3.75. The average molecular weight is 299 g/mol. The fourth-order valence-corrected chi connectivity index (χ4v) is 2.31. The summed E-state index contributed by atoms with van der Waals surface area (Å²) in [7, 11) is 1.93. The van der Waals surface area contributed by atoms with E-state index < -0.39 is 0 Å². The third-order valence-corrected chi connectivity index (χ3v) is 3.75. The maximum Gasteiger partial charge on any atom is 0.132 e. The zero-order valence-corrected chi connectivity index (χ0v) is 12.6. The second kappa shape index (κ2) is 6.11. The van der Waals surface area contributed by atoms with Gasteiger partial charge in [0.25, 0.3) is 0 Å². The van der Waals surface area contributed by atoms with Crippen molar-refractivity contribution >= 4 is 0 Å². The van der Waals surface area contributed by atoms with Gasteiger partial charge in [0.05, 0.1) is 11.9 Å². The number of aromatic nitrogens is 4. The second-order valence-electron chi connectivity index (χ2n) is 5.24. The van der Waals surface area contributed by atoms with Gasteiger partial charge >= 0.3 is 0 Å². The highest BCUT2D eigenvalue weighted by Gasteiger charge is 2.08. The molecule has 0 aliphatic heterocycles. The summed E-state index contributed by atoms with van der Waals surface area (Å²) in [6.07, 6.45) is 1.86. The Labute approximate surface area is 128 Å². The summed E-state index contributed by atoms with van der Waals surface area (Å²) >= 11 is 0. The first-order chi connectivity index (χ1) is 10.6. The summed E-state index contributed by atoms with van der Waals surface area (Å²) in [6.45, 7) is 3.40. The van der Waals surface area contributed by atoms with Gasteiger partial charge in [-0.25, -0.2) is 4.39 Å². The molecule has 114 valence electrons. The molecule has 2 aromatic heterocycles. The van der Waals surface area contributed by atoms with E-state index >= 15 is 0 Å². The van der Waals surface area contributed by atoms with E-state index in [0.717, 1.165) is 23.5 Å². The molecular formula is C16H18FN5. The molecule has 0 unspecified atom stereocenters. The minimum Gasteiger partial charge on any atom is -0.307 e. The topological polar surface area (TPSA) is 58.5 Å². The van der Waals surface area contributed by atoms with E-state index in [4.69, 9.17) is 0 Å². The summed E-state index contributed by atoms with van der Waals surface area (Å²) < 4.78 is 15.6. The summed E-state index contributed by atoms with van der Waals surface area (Å²) in [5.41, 5.74) is 4.35. The van der Waals surface area contributed by atoms with E-state index in [2.05, 4.69) is 20.6 Å². The first kappa shape index (κ1) is 14.5. The van der Waals surface area contributed by atoms with Gasteiger partial charge in [-0.2, -0.15) is 10.2 Å². The van der Waals surface area contributed by atoms with Gasteiger partial charge in [-0.3, -0.25) is 9.78 Å². The number of rotatable bonds is 5. The Morgan fingerprint density at radius 2 is 2.09 bits per heavy atom. The van der Waals surface area contributed by atoms with Crippen LogP contribution in [0.5, 0.6) is 0 Å². The molecule has 0 saturated heterocycles. The van der Waals surface area contributed by atoms with Crippen LogP contribution < -0.4 is 5.32 Å². The van der Waals surface area contributed by atoms with Gasteiger partial charge in [0.15, 0.2) is 0 Å². The van der Waals surface area contributed by atoms with E-state index in [-0.39, 0.29) is 5.82 Å². The Morgan fingerprint density at radius 1 is 1.27 bits per heavy atom. The molecule has 3 aromatic rings. The van der Waals surface area contributed by atoms with Crippen LogP contribution in [0.25, 0.3) is 11.3 Å². The molecular weight excluding hydrogens is 281 g/mol. The van der Waals surface area contributed by atoms with Gasteiger partial charge in [0.1, 0.15) is 5.82 Å². The fraction of sp³-hybridized carbons (Fsp3) is 0.250. The van der Waals surface area contributed by atoms with Crippen molar-refractivity contribution < 1.29 is 4.39 Å². The Hall–Kier alpha value is -2.47. The van der Waals surface area contributed by atoms with Crippen LogP contribution >= 0.6 is 0 Å². The summed E-state index contributed by atoms with van der Waals surface area (Å²) in [5, 5.41) is 14.7. The molecule has 0 aliphatic rings. The normalized spacial score (nSPS) is 11.0. The van der Waals surface area contributed by atoms with Crippen LogP contribution in [0.2, 0.25) is 0 Å². The van der Waals surface area contributed by atoms with Crippen LogP contribution in [0.3, 0.4) is 0 Å². The second-order valence-corrected chi connectivity index (χ2v) is 5.24. The summed E-state index contributed by atoms with van der Waals surface area (Å²) in [5.74, 6) is -0.264. The van der Waals surface area contributed by atoms with Crippen LogP contribution in [0.15, 0.2) is 36.5 Å². The molecule has 1 aromatic carbocycles. The molecule has 5 nitrogen and oxygen atoms in total. The van der Waals surface area contributed by atoms with Crippen LogP contribution in [-0.2, 0) is 20.1 Å². The molecule has 0 saturated carbocycles. The first-order valence-electron chi connectivity index (χ1n) is 7.12. The van der Waals surface area contributed by atoms with Gasteiger partial charge in [-0.15, -0.1) is 0 Å². The molecule has 0 radical (unpaired) electrons. The van der Waals surface area contributed by atoms with Crippen LogP contribution in [-0.4, -0.2) is 20.0 Å². The number of benzene rings is 1. The molecule has 0 fully saturated rings. The Kier molecular flexibility index (Phi) is 4.02. The molecule has 0 atom stereocenters. The van der Waals surface area contributed by atoms with Crippen molar-refractivity contribution in [2.24, 2.45) is 7.05 Å². The first-order valence-corrected chi connectivity index (χ1v) is 7.12. The van der Waals surface area contributed by atoms with Crippen LogP contribution in [0.4, 0.5) is 4.39 Å².